The zero-order valence-corrected chi connectivity index (χ0v) is 13.4. The highest BCUT2D eigenvalue weighted by Crippen LogP contribution is 2.31. The molecule has 0 fully saturated rings. The van der Waals surface area contributed by atoms with Gasteiger partial charge in [-0.05, 0) is 63.1 Å². The van der Waals surface area contributed by atoms with Gasteiger partial charge in [0.1, 0.15) is 0 Å². The molecule has 0 spiro atoms. The van der Waals surface area contributed by atoms with E-state index < -0.39 is 0 Å². The number of hydrogen-bond donors (Lipinski definition) is 1. The van der Waals surface area contributed by atoms with Crippen molar-refractivity contribution < 1.29 is 0 Å². The first-order chi connectivity index (χ1) is 10.1. The minimum absolute atomic E-state index is 0.569. The van der Waals surface area contributed by atoms with Crippen molar-refractivity contribution in [2.45, 2.75) is 6.92 Å². The van der Waals surface area contributed by atoms with Crippen LogP contribution in [0.15, 0.2) is 40.9 Å². The molecule has 0 saturated heterocycles. The molecule has 1 aromatic heterocycles. The second kappa shape index (κ2) is 5.46. The molecule has 106 valence electrons. The Bertz CT molecular complexity index is 798. The Morgan fingerprint density at radius 1 is 1.24 bits per heavy atom. The SMILES string of the molecule is Cc1cccc(-c2nnnn2-c2cc(Cl)ccc2Br)c1N. The van der Waals surface area contributed by atoms with Crippen LogP contribution in [-0.2, 0) is 0 Å². The van der Waals surface area contributed by atoms with Crippen LogP contribution in [0.4, 0.5) is 5.69 Å². The van der Waals surface area contributed by atoms with Crippen molar-refractivity contribution in [1.82, 2.24) is 20.2 Å². The van der Waals surface area contributed by atoms with Crippen LogP contribution in [0.3, 0.4) is 0 Å². The van der Waals surface area contributed by atoms with Crippen LogP contribution in [-0.4, -0.2) is 20.2 Å². The van der Waals surface area contributed by atoms with E-state index in [0.29, 0.717) is 16.5 Å². The summed E-state index contributed by atoms with van der Waals surface area (Å²) in [7, 11) is 0. The van der Waals surface area contributed by atoms with E-state index in [0.717, 1.165) is 21.3 Å². The quantitative estimate of drug-likeness (QED) is 0.705. The number of anilines is 1. The Kier molecular flexibility index (Phi) is 3.65. The Balaban J connectivity index is 2.22. The molecular weight excluding hydrogens is 354 g/mol. The molecule has 0 amide bonds. The fraction of sp³-hybridized carbons (Fsp3) is 0.0714. The standard InChI is InChI=1S/C14H11BrClN5/c1-8-3-2-4-10(13(8)17)14-18-19-20-21(14)12-7-9(16)5-6-11(12)15/h2-7H,17H2,1H3. The van der Waals surface area contributed by atoms with Gasteiger partial charge in [0.05, 0.1) is 5.69 Å². The van der Waals surface area contributed by atoms with E-state index in [4.69, 9.17) is 17.3 Å². The minimum Gasteiger partial charge on any atom is -0.398 e. The summed E-state index contributed by atoms with van der Waals surface area (Å²) in [4.78, 5) is 0. The van der Waals surface area contributed by atoms with E-state index in [1.165, 1.54) is 0 Å². The second-order valence-corrected chi connectivity index (χ2v) is 5.84. The van der Waals surface area contributed by atoms with Gasteiger partial charge in [0.15, 0.2) is 5.82 Å². The number of nitrogen functional groups attached to an aromatic ring is 1. The number of hydrogen-bond acceptors (Lipinski definition) is 4. The fourth-order valence-corrected chi connectivity index (χ4v) is 2.62. The van der Waals surface area contributed by atoms with Gasteiger partial charge in [-0.2, -0.15) is 4.68 Å². The number of halogens is 2. The molecule has 0 aliphatic rings. The van der Waals surface area contributed by atoms with E-state index in [9.17, 15) is 0 Å². The Morgan fingerprint density at radius 2 is 2.05 bits per heavy atom. The summed E-state index contributed by atoms with van der Waals surface area (Å²) in [5.41, 5.74) is 9.32. The normalized spacial score (nSPS) is 10.8. The number of tetrazole rings is 1. The van der Waals surface area contributed by atoms with Gasteiger partial charge in [-0.3, -0.25) is 0 Å². The van der Waals surface area contributed by atoms with Gasteiger partial charge < -0.3 is 5.73 Å². The molecule has 0 atom stereocenters. The van der Waals surface area contributed by atoms with E-state index >= 15 is 0 Å². The molecule has 0 aliphatic heterocycles. The molecule has 3 aromatic rings. The summed E-state index contributed by atoms with van der Waals surface area (Å²) in [5.74, 6) is 0.569. The van der Waals surface area contributed by atoms with Gasteiger partial charge in [0, 0.05) is 20.7 Å². The number of aryl methyl sites for hydroxylation is 1. The van der Waals surface area contributed by atoms with E-state index in [1.54, 1.807) is 16.8 Å². The highest BCUT2D eigenvalue weighted by Gasteiger charge is 2.16. The molecule has 0 unspecified atom stereocenters. The summed E-state index contributed by atoms with van der Waals surface area (Å²) in [6.45, 7) is 1.95. The molecule has 2 N–H and O–H groups in total. The van der Waals surface area contributed by atoms with Crippen molar-refractivity contribution in [3.05, 3.63) is 51.5 Å². The van der Waals surface area contributed by atoms with Gasteiger partial charge in [-0.25, -0.2) is 0 Å². The Morgan fingerprint density at radius 3 is 2.86 bits per heavy atom. The maximum absolute atomic E-state index is 6.14. The fourth-order valence-electron chi connectivity index (χ4n) is 2.04. The number of rotatable bonds is 2. The molecule has 2 aromatic carbocycles. The van der Waals surface area contributed by atoms with Crippen LogP contribution < -0.4 is 5.73 Å². The summed E-state index contributed by atoms with van der Waals surface area (Å²) < 4.78 is 2.45. The van der Waals surface area contributed by atoms with Crippen LogP contribution in [0.25, 0.3) is 17.1 Å². The molecule has 21 heavy (non-hydrogen) atoms. The highest BCUT2D eigenvalue weighted by molar-refractivity contribution is 9.10. The van der Waals surface area contributed by atoms with Crippen molar-refractivity contribution in [2.24, 2.45) is 0 Å². The van der Waals surface area contributed by atoms with E-state index in [2.05, 4.69) is 31.5 Å². The number of benzene rings is 2. The van der Waals surface area contributed by atoms with Gasteiger partial charge in [0.2, 0.25) is 0 Å². The number of aromatic nitrogens is 4. The van der Waals surface area contributed by atoms with Crippen molar-refractivity contribution in [1.29, 1.82) is 0 Å². The molecule has 0 radical (unpaired) electrons. The van der Waals surface area contributed by atoms with Crippen molar-refractivity contribution >= 4 is 33.2 Å². The summed E-state index contributed by atoms with van der Waals surface area (Å²) >= 11 is 9.55. The first kappa shape index (κ1) is 14.0. The van der Waals surface area contributed by atoms with Crippen molar-refractivity contribution in [3.63, 3.8) is 0 Å². The largest absolute Gasteiger partial charge is 0.398 e. The van der Waals surface area contributed by atoms with Crippen LogP contribution >= 0.6 is 27.5 Å². The molecule has 0 saturated carbocycles. The minimum atomic E-state index is 0.569. The van der Waals surface area contributed by atoms with Crippen LogP contribution in [0, 0.1) is 6.92 Å². The van der Waals surface area contributed by atoms with Crippen molar-refractivity contribution in [3.8, 4) is 17.1 Å². The van der Waals surface area contributed by atoms with Crippen LogP contribution in [0.1, 0.15) is 5.56 Å². The monoisotopic (exact) mass is 363 g/mol. The lowest BCUT2D eigenvalue weighted by Crippen LogP contribution is -2.03. The average Bonchev–Trinajstić information content (AvgIpc) is 2.93. The molecule has 7 heteroatoms. The third kappa shape index (κ3) is 2.52. The Hall–Kier alpha value is -1.92. The number of nitrogens with zero attached hydrogens (tertiary/aromatic N) is 4. The molecule has 1 heterocycles. The van der Waals surface area contributed by atoms with E-state index in [1.807, 2.05) is 31.2 Å². The molecule has 3 rings (SSSR count). The first-order valence-electron chi connectivity index (χ1n) is 6.17. The molecular formula is C14H11BrClN5. The summed E-state index contributed by atoms with van der Waals surface area (Å²) in [5, 5.41) is 12.5. The van der Waals surface area contributed by atoms with Crippen molar-refractivity contribution in [2.75, 3.05) is 5.73 Å². The number of para-hydroxylation sites is 1. The van der Waals surface area contributed by atoms with Gasteiger partial charge in [-0.15, -0.1) is 5.10 Å². The summed E-state index contributed by atoms with van der Waals surface area (Å²) in [6, 6.07) is 11.2. The molecule has 0 bridgehead atoms. The molecule has 5 nitrogen and oxygen atoms in total. The van der Waals surface area contributed by atoms with Gasteiger partial charge >= 0.3 is 0 Å². The lowest BCUT2D eigenvalue weighted by molar-refractivity contribution is 0.789. The maximum Gasteiger partial charge on any atom is 0.189 e. The third-order valence-electron chi connectivity index (χ3n) is 3.17. The van der Waals surface area contributed by atoms with Crippen LogP contribution in [0.5, 0.6) is 0 Å². The van der Waals surface area contributed by atoms with Gasteiger partial charge in [0.25, 0.3) is 0 Å². The van der Waals surface area contributed by atoms with Crippen LogP contribution in [0.2, 0.25) is 5.02 Å². The lowest BCUT2D eigenvalue weighted by Gasteiger charge is -2.10. The predicted octanol–water partition coefficient (Wildman–Crippen LogP) is 3.64. The van der Waals surface area contributed by atoms with Gasteiger partial charge in [-0.1, -0.05) is 23.7 Å². The second-order valence-electron chi connectivity index (χ2n) is 4.55. The zero-order valence-electron chi connectivity index (χ0n) is 11.1. The topological polar surface area (TPSA) is 69.6 Å². The Labute approximate surface area is 134 Å². The van der Waals surface area contributed by atoms with E-state index in [-0.39, 0.29) is 0 Å². The smallest absolute Gasteiger partial charge is 0.189 e. The average molecular weight is 365 g/mol. The highest BCUT2D eigenvalue weighted by atomic mass is 79.9. The first-order valence-corrected chi connectivity index (χ1v) is 7.34. The number of nitrogens with two attached hydrogens (primary N) is 1. The maximum atomic E-state index is 6.14. The lowest BCUT2D eigenvalue weighted by atomic mass is 10.1. The molecule has 0 aliphatic carbocycles. The third-order valence-corrected chi connectivity index (χ3v) is 4.08. The summed E-state index contributed by atoms with van der Waals surface area (Å²) in [6.07, 6.45) is 0. The predicted molar refractivity (Wildman–Crippen MR) is 86.4 cm³/mol. The zero-order chi connectivity index (χ0) is 15.0.